The first-order chi connectivity index (χ1) is 13.0. The Bertz CT molecular complexity index is 647. The molecule has 148 valence electrons. The lowest BCUT2D eigenvalue weighted by atomic mass is 10.1. The molecule has 0 aromatic heterocycles. The fourth-order valence-corrected chi connectivity index (χ4v) is 3.90. The second-order valence-corrected chi connectivity index (χ2v) is 8.08. The second-order valence-electron chi connectivity index (χ2n) is 8.08. The van der Waals surface area contributed by atoms with Gasteiger partial charge in [-0.1, -0.05) is 32.8 Å². The van der Waals surface area contributed by atoms with Crippen LogP contribution in [0.2, 0.25) is 0 Å². The van der Waals surface area contributed by atoms with Gasteiger partial charge in [0.1, 0.15) is 0 Å². The van der Waals surface area contributed by atoms with Crippen molar-refractivity contribution in [1.29, 1.82) is 0 Å². The summed E-state index contributed by atoms with van der Waals surface area (Å²) in [6.45, 7) is 8.19. The molecular formula is C21H32N4O2. The number of anilines is 1. The van der Waals surface area contributed by atoms with Crippen molar-refractivity contribution < 1.29 is 9.59 Å². The number of nitrogens with one attached hydrogen (secondary N) is 2. The highest BCUT2D eigenvalue weighted by Crippen LogP contribution is 2.24. The van der Waals surface area contributed by atoms with E-state index in [1.54, 1.807) is 18.2 Å². The molecule has 1 saturated carbocycles. The molecule has 0 radical (unpaired) electrons. The monoisotopic (exact) mass is 372 g/mol. The topological polar surface area (TPSA) is 64.7 Å². The molecule has 6 nitrogen and oxygen atoms in total. The first-order valence-corrected chi connectivity index (χ1v) is 10.2. The van der Waals surface area contributed by atoms with E-state index >= 15 is 0 Å². The van der Waals surface area contributed by atoms with Crippen LogP contribution in [0.4, 0.5) is 10.5 Å². The lowest BCUT2D eigenvalue weighted by Gasteiger charge is -2.38. The second kappa shape index (κ2) is 9.22. The Morgan fingerprint density at radius 2 is 1.81 bits per heavy atom. The van der Waals surface area contributed by atoms with Crippen molar-refractivity contribution in [2.75, 3.05) is 38.0 Å². The summed E-state index contributed by atoms with van der Waals surface area (Å²) in [6, 6.07) is 7.77. The Morgan fingerprint density at radius 1 is 1.11 bits per heavy atom. The number of amides is 3. The van der Waals surface area contributed by atoms with Crippen LogP contribution in [0.1, 0.15) is 49.9 Å². The van der Waals surface area contributed by atoms with Gasteiger partial charge in [-0.25, -0.2) is 4.79 Å². The number of nitrogens with zero attached hydrogens (tertiary/aromatic N) is 2. The Morgan fingerprint density at radius 3 is 2.48 bits per heavy atom. The lowest BCUT2D eigenvalue weighted by Crippen LogP contribution is -2.52. The Hall–Kier alpha value is -2.08. The predicted molar refractivity (Wildman–Crippen MR) is 108 cm³/mol. The van der Waals surface area contributed by atoms with Crippen molar-refractivity contribution in [3.05, 3.63) is 29.8 Å². The number of urea groups is 1. The first-order valence-electron chi connectivity index (χ1n) is 10.2. The van der Waals surface area contributed by atoms with Gasteiger partial charge in [0.15, 0.2) is 0 Å². The molecule has 0 unspecified atom stereocenters. The molecule has 0 atom stereocenters. The minimum atomic E-state index is -0.107. The summed E-state index contributed by atoms with van der Waals surface area (Å²) in [6.07, 6.45) is 5.29. The fraction of sp³-hybridized carbons (Fsp3) is 0.619. The van der Waals surface area contributed by atoms with Gasteiger partial charge in [-0.15, -0.1) is 0 Å². The number of hydrogen-bond acceptors (Lipinski definition) is 3. The van der Waals surface area contributed by atoms with Crippen LogP contribution < -0.4 is 10.6 Å². The summed E-state index contributed by atoms with van der Waals surface area (Å²) < 4.78 is 0. The summed E-state index contributed by atoms with van der Waals surface area (Å²) >= 11 is 0. The molecule has 2 fully saturated rings. The van der Waals surface area contributed by atoms with Gasteiger partial charge in [0, 0.05) is 50.0 Å². The quantitative estimate of drug-likeness (QED) is 0.834. The Labute approximate surface area is 162 Å². The van der Waals surface area contributed by atoms with Gasteiger partial charge < -0.3 is 15.5 Å². The average Bonchev–Trinajstić information content (AvgIpc) is 3.21. The maximum atomic E-state index is 12.6. The summed E-state index contributed by atoms with van der Waals surface area (Å²) in [5, 5.41) is 5.85. The van der Waals surface area contributed by atoms with E-state index in [0.29, 0.717) is 23.7 Å². The molecule has 1 aliphatic heterocycles. The summed E-state index contributed by atoms with van der Waals surface area (Å²) in [7, 11) is 0. The first kappa shape index (κ1) is 19.7. The molecule has 1 saturated heterocycles. The van der Waals surface area contributed by atoms with Crippen LogP contribution >= 0.6 is 0 Å². The molecule has 1 aromatic rings. The van der Waals surface area contributed by atoms with E-state index in [9.17, 15) is 9.59 Å². The van der Waals surface area contributed by atoms with Crippen LogP contribution in [0, 0.1) is 5.92 Å². The standard InChI is InChI=1S/C21H32N4O2/c1-16(2)15-22-20(26)17-6-5-7-18(14-17)23-21(27)25-12-10-24(11-13-25)19-8-3-4-9-19/h5-7,14,16,19H,3-4,8-13,15H2,1-2H3,(H,22,26)(H,23,27). The number of hydrogen-bond donors (Lipinski definition) is 2. The maximum Gasteiger partial charge on any atom is 0.321 e. The molecular weight excluding hydrogens is 340 g/mol. The predicted octanol–water partition coefficient (Wildman–Crippen LogP) is 3.16. The molecule has 1 heterocycles. The summed E-state index contributed by atoms with van der Waals surface area (Å²) in [4.78, 5) is 29.2. The van der Waals surface area contributed by atoms with Gasteiger partial charge in [-0.3, -0.25) is 9.69 Å². The van der Waals surface area contributed by atoms with Crippen molar-refractivity contribution in [1.82, 2.24) is 15.1 Å². The molecule has 27 heavy (non-hydrogen) atoms. The van der Waals surface area contributed by atoms with E-state index in [-0.39, 0.29) is 11.9 Å². The Kier molecular flexibility index (Phi) is 6.72. The highest BCUT2D eigenvalue weighted by Gasteiger charge is 2.27. The minimum Gasteiger partial charge on any atom is -0.352 e. The molecule has 6 heteroatoms. The summed E-state index contributed by atoms with van der Waals surface area (Å²) in [5.74, 6) is 0.296. The Balaban J connectivity index is 1.50. The van der Waals surface area contributed by atoms with Crippen molar-refractivity contribution in [3.63, 3.8) is 0 Å². The number of benzene rings is 1. The molecule has 3 amide bonds. The fourth-order valence-electron chi connectivity index (χ4n) is 3.90. The largest absolute Gasteiger partial charge is 0.352 e. The third kappa shape index (κ3) is 5.45. The van der Waals surface area contributed by atoms with Crippen LogP contribution in [-0.2, 0) is 0 Å². The molecule has 0 spiro atoms. The van der Waals surface area contributed by atoms with Crippen LogP contribution in [0.3, 0.4) is 0 Å². The smallest absolute Gasteiger partial charge is 0.321 e. The van der Waals surface area contributed by atoms with E-state index in [1.807, 2.05) is 11.0 Å². The normalized spacial score (nSPS) is 18.7. The number of rotatable bonds is 5. The highest BCUT2D eigenvalue weighted by atomic mass is 16.2. The maximum absolute atomic E-state index is 12.6. The summed E-state index contributed by atoms with van der Waals surface area (Å²) in [5.41, 5.74) is 1.23. The van der Waals surface area contributed by atoms with Crippen molar-refractivity contribution in [2.45, 2.75) is 45.6 Å². The van der Waals surface area contributed by atoms with Gasteiger partial charge in [0.2, 0.25) is 0 Å². The van der Waals surface area contributed by atoms with E-state index < -0.39 is 0 Å². The molecule has 2 aliphatic rings. The lowest BCUT2D eigenvalue weighted by molar-refractivity contribution is 0.0949. The molecule has 1 aliphatic carbocycles. The van der Waals surface area contributed by atoms with Gasteiger partial charge in [0.25, 0.3) is 5.91 Å². The van der Waals surface area contributed by atoms with Gasteiger partial charge in [-0.2, -0.15) is 0 Å². The zero-order chi connectivity index (χ0) is 19.2. The zero-order valence-electron chi connectivity index (χ0n) is 16.5. The van der Waals surface area contributed by atoms with Crippen LogP contribution in [0.15, 0.2) is 24.3 Å². The van der Waals surface area contributed by atoms with Crippen LogP contribution in [0.25, 0.3) is 0 Å². The van der Waals surface area contributed by atoms with Gasteiger partial charge >= 0.3 is 6.03 Å². The van der Waals surface area contributed by atoms with Crippen molar-refractivity contribution in [3.8, 4) is 0 Å². The number of carbonyl (C=O) groups is 2. The van der Waals surface area contributed by atoms with Crippen molar-refractivity contribution >= 4 is 17.6 Å². The number of carbonyl (C=O) groups excluding carboxylic acids is 2. The molecule has 2 N–H and O–H groups in total. The zero-order valence-corrected chi connectivity index (χ0v) is 16.5. The van der Waals surface area contributed by atoms with E-state index in [4.69, 9.17) is 0 Å². The van der Waals surface area contributed by atoms with Gasteiger partial charge in [-0.05, 0) is 37.0 Å². The minimum absolute atomic E-state index is 0.0826. The average molecular weight is 373 g/mol. The van der Waals surface area contributed by atoms with E-state index in [0.717, 1.165) is 32.2 Å². The van der Waals surface area contributed by atoms with Crippen LogP contribution in [-0.4, -0.2) is 60.5 Å². The molecule has 0 bridgehead atoms. The third-order valence-electron chi connectivity index (χ3n) is 5.49. The van der Waals surface area contributed by atoms with Crippen molar-refractivity contribution in [2.24, 2.45) is 5.92 Å². The van der Waals surface area contributed by atoms with Gasteiger partial charge in [0.05, 0.1) is 0 Å². The van der Waals surface area contributed by atoms with E-state index in [1.165, 1.54) is 25.7 Å². The molecule has 1 aromatic carbocycles. The highest BCUT2D eigenvalue weighted by molar-refractivity contribution is 5.96. The number of piperazine rings is 1. The SMILES string of the molecule is CC(C)CNC(=O)c1cccc(NC(=O)N2CCN(C3CCCC3)CC2)c1. The molecule has 3 rings (SSSR count). The van der Waals surface area contributed by atoms with Crippen LogP contribution in [0.5, 0.6) is 0 Å². The van der Waals surface area contributed by atoms with E-state index in [2.05, 4.69) is 29.4 Å². The third-order valence-corrected chi connectivity index (χ3v) is 5.49.